The third kappa shape index (κ3) is 6.63. The molecule has 28 heavy (non-hydrogen) atoms. The lowest BCUT2D eigenvalue weighted by Gasteiger charge is -2.12. The Morgan fingerprint density at radius 1 is 1.14 bits per heavy atom. The Hall–Kier alpha value is -1.87. The van der Waals surface area contributed by atoms with E-state index in [0.29, 0.717) is 10.8 Å². The molecule has 0 aromatic heterocycles. The van der Waals surface area contributed by atoms with Gasteiger partial charge in [0.15, 0.2) is 11.7 Å². The second kappa shape index (κ2) is 10.6. The fourth-order valence-corrected chi connectivity index (χ4v) is 3.27. The van der Waals surface area contributed by atoms with Gasteiger partial charge < -0.3 is 4.74 Å². The smallest absolute Gasteiger partial charge is 0.271 e. The highest BCUT2D eigenvalue weighted by Crippen LogP contribution is 2.26. The SMILES string of the molecule is CCc1ccc(OCC(=O)NC(=S)NNC(=O)c2ccc(Cl)cc2Cl)c(Br)c1. The second-order valence-corrected chi connectivity index (χ2v) is 7.59. The van der Waals surface area contributed by atoms with Crippen LogP contribution in [0.4, 0.5) is 0 Å². The van der Waals surface area contributed by atoms with E-state index in [2.05, 4.69) is 32.1 Å². The van der Waals surface area contributed by atoms with Crippen LogP contribution in [0.25, 0.3) is 0 Å². The minimum absolute atomic E-state index is 0.0903. The number of hydrogen-bond donors (Lipinski definition) is 3. The van der Waals surface area contributed by atoms with Gasteiger partial charge in [-0.05, 0) is 70.5 Å². The van der Waals surface area contributed by atoms with E-state index < -0.39 is 11.8 Å². The largest absolute Gasteiger partial charge is 0.483 e. The van der Waals surface area contributed by atoms with Crippen molar-refractivity contribution in [1.29, 1.82) is 0 Å². The van der Waals surface area contributed by atoms with Gasteiger partial charge in [-0.3, -0.25) is 25.8 Å². The summed E-state index contributed by atoms with van der Waals surface area (Å²) in [5.74, 6) is -0.478. The van der Waals surface area contributed by atoms with Crippen molar-refractivity contribution in [2.24, 2.45) is 0 Å². The molecule has 0 spiro atoms. The molecule has 2 amide bonds. The summed E-state index contributed by atoms with van der Waals surface area (Å²) in [6.45, 7) is 1.80. The monoisotopic (exact) mass is 503 g/mol. The van der Waals surface area contributed by atoms with Crippen LogP contribution in [-0.4, -0.2) is 23.5 Å². The van der Waals surface area contributed by atoms with Crippen LogP contribution >= 0.6 is 51.3 Å². The first-order valence-electron chi connectivity index (χ1n) is 8.06. The molecule has 6 nitrogen and oxygen atoms in total. The Kier molecular flexibility index (Phi) is 8.50. The van der Waals surface area contributed by atoms with E-state index in [1.165, 1.54) is 18.2 Å². The van der Waals surface area contributed by atoms with E-state index in [0.717, 1.165) is 16.5 Å². The molecule has 0 fully saturated rings. The number of nitrogens with one attached hydrogen (secondary N) is 3. The van der Waals surface area contributed by atoms with E-state index in [1.807, 2.05) is 19.1 Å². The molecule has 10 heteroatoms. The molecule has 2 aromatic carbocycles. The summed E-state index contributed by atoms with van der Waals surface area (Å²) in [6, 6.07) is 10.1. The maximum Gasteiger partial charge on any atom is 0.271 e. The normalized spacial score (nSPS) is 10.1. The van der Waals surface area contributed by atoms with Crippen molar-refractivity contribution < 1.29 is 14.3 Å². The number of aryl methyl sites for hydroxylation is 1. The summed E-state index contributed by atoms with van der Waals surface area (Å²) >= 11 is 20.1. The number of carbonyl (C=O) groups is 2. The quantitative estimate of drug-likeness (QED) is 0.423. The van der Waals surface area contributed by atoms with Gasteiger partial charge in [-0.25, -0.2) is 0 Å². The molecule has 3 N–H and O–H groups in total. The molecule has 2 aromatic rings. The first kappa shape index (κ1) is 22.4. The molecule has 0 aliphatic heterocycles. The van der Waals surface area contributed by atoms with Gasteiger partial charge in [0.25, 0.3) is 11.8 Å². The number of halogens is 3. The van der Waals surface area contributed by atoms with Crippen molar-refractivity contribution in [2.45, 2.75) is 13.3 Å². The lowest BCUT2D eigenvalue weighted by atomic mass is 10.2. The third-order valence-corrected chi connectivity index (χ3v) is 4.85. The summed E-state index contributed by atoms with van der Waals surface area (Å²) in [5, 5.41) is 2.90. The molecule has 0 radical (unpaired) electrons. The van der Waals surface area contributed by atoms with Crippen molar-refractivity contribution in [3.63, 3.8) is 0 Å². The standard InChI is InChI=1S/C18H16BrCl2N3O3S/c1-2-10-3-6-15(13(19)7-10)27-9-16(25)22-18(28)24-23-17(26)12-5-4-11(20)8-14(12)21/h3-8H,2,9H2,1H3,(H,23,26)(H2,22,24,25,28). The lowest BCUT2D eigenvalue weighted by molar-refractivity contribution is -0.121. The minimum Gasteiger partial charge on any atom is -0.483 e. The Morgan fingerprint density at radius 3 is 2.54 bits per heavy atom. The van der Waals surface area contributed by atoms with Gasteiger partial charge in [-0.2, -0.15) is 0 Å². The van der Waals surface area contributed by atoms with Gasteiger partial charge in [0, 0.05) is 5.02 Å². The molecular weight excluding hydrogens is 489 g/mol. The van der Waals surface area contributed by atoms with Gasteiger partial charge in [0.05, 0.1) is 15.1 Å². The van der Waals surface area contributed by atoms with Crippen LogP contribution in [0.2, 0.25) is 10.0 Å². The summed E-state index contributed by atoms with van der Waals surface area (Å²) < 4.78 is 6.21. The van der Waals surface area contributed by atoms with Crippen LogP contribution in [0.3, 0.4) is 0 Å². The van der Waals surface area contributed by atoms with Crippen molar-refractivity contribution >= 4 is 68.3 Å². The molecular formula is C18H16BrCl2N3O3S. The first-order valence-corrected chi connectivity index (χ1v) is 10.0. The highest BCUT2D eigenvalue weighted by molar-refractivity contribution is 9.10. The fraction of sp³-hybridized carbons (Fsp3) is 0.167. The molecule has 0 atom stereocenters. The summed E-state index contributed by atoms with van der Waals surface area (Å²) in [4.78, 5) is 24.0. The van der Waals surface area contributed by atoms with Gasteiger partial charge in [0.1, 0.15) is 5.75 Å². The lowest BCUT2D eigenvalue weighted by Crippen LogP contribution is -2.49. The van der Waals surface area contributed by atoms with Crippen molar-refractivity contribution in [3.05, 3.63) is 62.0 Å². The minimum atomic E-state index is -0.533. The van der Waals surface area contributed by atoms with Crippen LogP contribution in [0.5, 0.6) is 5.75 Å². The predicted molar refractivity (Wildman–Crippen MR) is 117 cm³/mol. The Balaban J connectivity index is 1.79. The van der Waals surface area contributed by atoms with E-state index in [1.54, 1.807) is 6.07 Å². The highest BCUT2D eigenvalue weighted by atomic mass is 79.9. The number of benzene rings is 2. The zero-order valence-electron chi connectivity index (χ0n) is 14.6. The average Bonchev–Trinajstić information content (AvgIpc) is 2.65. The maximum absolute atomic E-state index is 12.1. The average molecular weight is 505 g/mol. The number of amides is 2. The Morgan fingerprint density at radius 2 is 1.89 bits per heavy atom. The van der Waals surface area contributed by atoms with E-state index in [-0.39, 0.29) is 22.3 Å². The van der Waals surface area contributed by atoms with Crippen LogP contribution in [-0.2, 0) is 11.2 Å². The number of carbonyl (C=O) groups excluding carboxylic acids is 2. The Labute approximate surface area is 186 Å². The van der Waals surface area contributed by atoms with Crippen LogP contribution in [0.1, 0.15) is 22.8 Å². The van der Waals surface area contributed by atoms with Gasteiger partial charge in [-0.1, -0.05) is 36.2 Å². The van der Waals surface area contributed by atoms with Crippen molar-refractivity contribution in [3.8, 4) is 5.75 Å². The maximum atomic E-state index is 12.1. The fourth-order valence-electron chi connectivity index (χ4n) is 2.07. The summed E-state index contributed by atoms with van der Waals surface area (Å²) in [5.41, 5.74) is 6.11. The molecule has 0 heterocycles. The molecule has 0 saturated heterocycles. The number of ether oxygens (including phenoxy) is 1. The van der Waals surface area contributed by atoms with Crippen LogP contribution < -0.4 is 20.9 Å². The van der Waals surface area contributed by atoms with E-state index in [4.69, 9.17) is 40.2 Å². The molecule has 0 unspecified atom stereocenters. The van der Waals surface area contributed by atoms with Gasteiger partial charge in [-0.15, -0.1) is 0 Å². The Bertz CT molecular complexity index is 912. The van der Waals surface area contributed by atoms with Crippen molar-refractivity contribution in [2.75, 3.05) is 6.61 Å². The number of rotatable bonds is 5. The van der Waals surface area contributed by atoms with Crippen molar-refractivity contribution in [1.82, 2.24) is 16.2 Å². The number of thiocarbonyl (C=S) groups is 1. The summed E-state index contributed by atoms with van der Waals surface area (Å²) in [6.07, 6.45) is 0.895. The first-order chi connectivity index (χ1) is 13.3. The number of hydrazine groups is 1. The highest BCUT2D eigenvalue weighted by Gasteiger charge is 2.12. The van der Waals surface area contributed by atoms with Gasteiger partial charge in [0.2, 0.25) is 0 Å². The van der Waals surface area contributed by atoms with Crippen LogP contribution in [0, 0.1) is 0 Å². The molecule has 0 aliphatic carbocycles. The molecule has 148 valence electrons. The topological polar surface area (TPSA) is 79.5 Å². The molecule has 2 rings (SSSR count). The predicted octanol–water partition coefficient (Wildman–Crippen LogP) is 4.03. The molecule has 0 aliphatic rings. The number of hydrogen-bond acceptors (Lipinski definition) is 4. The zero-order valence-corrected chi connectivity index (χ0v) is 18.6. The van der Waals surface area contributed by atoms with E-state index >= 15 is 0 Å². The molecule has 0 saturated carbocycles. The third-order valence-electron chi connectivity index (χ3n) is 3.48. The van der Waals surface area contributed by atoms with Crippen LogP contribution in [0.15, 0.2) is 40.9 Å². The summed E-state index contributed by atoms with van der Waals surface area (Å²) in [7, 11) is 0. The van der Waals surface area contributed by atoms with Gasteiger partial charge >= 0.3 is 0 Å². The van der Waals surface area contributed by atoms with E-state index in [9.17, 15) is 9.59 Å². The second-order valence-electron chi connectivity index (χ2n) is 5.49. The zero-order chi connectivity index (χ0) is 20.7. The molecule has 0 bridgehead atoms.